The van der Waals surface area contributed by atoms with E-state index in [4.69, 9.17) is 0 Å². The molecule has 0 aliphatic carbocycles. The summed E-state index contributed by atoms with van der Waals surface area (Å²) in [6.45, 7) is 2.16. The van der Waals surface area contributed by atoms with Crippen molar-refractivity contribution >= 4 is 22.0 Å². The van der Waals surface area contributed by atoms with Gasteiger partial charge in [-0.3, -0.25) is 4.98 Å². The van der Waals surface area contributed by atoms with E-state index in [0.717, 1.165) is 11.8 Å². The number of aromatic nitrogens is 1. The Labute approximate surface area is 81.7 Å². The van der Waals surface area contributed by atoms with Gasteiger partial charge in [0.25, 0.3) is 0 Å². The van der Waals surface area contributed by atoms with E-state index in [1.807, 2.05) is 24.5 Å². The smallest absolute Gasteiger partial charge is 0.0273 e. The van der Waals surface area contributed by atoms with Crippen molar-refractivity contribution in [2.45, 2.75) is 13.3 Å². The van der Waals surface area contributed by atoms with Crippen molar-refractivity contribution < 1.29 is 0 Å². The molecule has 2 heteroatoms. The minimum absolute atomic E-state index is 0.950. The highest BCUT2D eigenvalue weighted by Gasteiger charge is 1.91. The van der Waals surface area contributed by atoms with Crippen LogP contribution in [-0.4, -0.2) is 10.3 Å². The van der Waals surface area contributed by atoms with Gasteiger partial charge in [0.15, 0.2) is 0 Å². The zero-order valence-electron chi connectivity index (χ0n) is 7.13. The maximum Gasteiger partial charge on any atom is 0.0273 e. The van der Waals surface area contributed by atoms with Gasteiger partial charge in [0.1, 0.15) is 0 Å². The third-order valence-electron chi connectivity index (χ3n) is 1.70. The van der Waals surface area contributed by atoms with Crippen LogP contribution in [0.5, 0.6) is 0 Å². The van der Waals surface area contributed by atoms with Gasteiger partial charge in [-0.15, -0.1) is 0 Å². The minimum Gasteiger partial charge on any atom is -0.265 e. The van der Waals surface area contributed by atoms with Gasteiger partial charge in [-0.25, -0.2) is 0 Å². The number of hydrogen-bond acceptors (Lipinski definition) is 1. The summed E-state index contributed by atoms with van der Waals surface area (Å²) in [5.41, 5.74) is 2.63. The fourth-order valence-corrected chi connectivity index (χ4v) is 1.49. The Morgan fingerprint density at radius 1 is 1.50 bits per heavy atom. The predicted molar refractivity (Wildman–Crippen MR) is 56.3 cm³/mol. The third kappa shape index (κ3) is 2.78. The molecule has 0 aliphatic rings. The van der Waals surface area contributed by atoms with Gasteiger partial charge in [-0.1, -0.05) is 34.5 Å². The first-order chi connectivity index (χ1) is 5.86. The molecule has 1 rings (SSSR count). The fourth-order valence-electron chi connectivity index (χ4n) is 0.931. The van der Waals surface area contributed by atoms with Gasteiger partial charge in [0.2, 0.25) is 0 Å². The second kappa shape index (κ2) is 5.09. The number of hydrogen-bond donors (Lipinski definition) is 0. The van der Waals surface area contributed by atoms with Crippen LogP contribution in [0.1, 0.15) is 18.9 Å². The van der Waals surface area contributed by atoms with Gasteiger partial charge in [-0.2, -0.15) is 0 Å². The molecule has 1 aromatic rings. The Kier molecular flexibility index (Phi) is 4.01. The maximum absolute atomic E-state index is 3.96. The first-order valence-electron chi connectivity index (χ1n) is 4.02. The number of alkyl halides is 1. The van der Waals surface area contributed by atoms with Crippen LogP contribution in [0.15, 0.2) is 30.1 Å². The first kappa shape index (κ1) is 9.46. The number of nitrogens with zero attached hydrogens (tertiary/aromatic N) is 1. The van der Waals surface area contributed by atoms with E-state index in [0.29, 0.717) is 0 Å². The predicted octanol–water partition coefficient (Wildman–Crippen LogP) is 3.27. The summed E-state index contributed by atoms with van der Waals surface area (Å²) in [5, 5.41) is 0.950. The molecule has 0 spiro atoms. The second-order valence-electron chi connectivity index (χ2n) is 2.57. The number of halogens is 1. The molecular formula is C10H12BrN. The van der Waals surface area contributed by atoms with Crippen LogP contribution in [-0.2, 0) is 0 Å². The molecule has 0 unspecified atom stereocenters. The second-order valence-corrected chi connectivity index (χ2v) is 3.13. The highest BCUT2D eigenvalue weighted by Crippen LogP contribution is 2.10. The van der Waals surface area contributed by atoms with Crippen molar-refractivity contribution in [2.75, 3.05) is 5.33 Å². The standard InChI is InChI=1S/C10H12BrN/c1-2-9(8-11)7-10-3-5-12-6-4-10/h3-7H,2,8H2,1H3. The van der Waals surface area contributed by atoms with E-state index >= 15 is 0 Å². The van der Waals surface area contributed by atoms with E-state index in [-0.39, 0.29) is 0 Å². The molecular weight excluding hydrogens is 214 g/mol. The van der Waals surface area contributed by atoms with Crippen LogP contribution in [0.3, 0.4) is 0 Å². The number of rotatable bonds is 3. The van der Waals surface area contributed by atoms with Gasteiger partial charge < -0.3 is 0 Å². The van der Waals surface area contributed by atoms with Gasteiger partial charge in [-0.05, 0) is 24.1 Å². The highest BCUT2D eigenvalue weighted by atomic mass is 79.9. The van der Waals surface area contributed by atoms with E-state index in [1.165, 1.54) is 11.1 Å². The Bertz CT molecular complexity index is 248. The molecule has 0 N–H and O–H groups in total. The zero-order chi connectivity index (χ0) is 8.81. The number of pyridine rings is 1. The lowest BCUT2D eigenvalue weighted by Crippen LogP contribution is -1.82. The average molecular weight is 226 g/mol. The van der Waals surface area contributed by atoms with Crippen LogP contribution in [0.4, 0.5) is 0 Å². The summed E-state index contributed by atoms with van der Waals surface area (Å²) in [5.74, 6) is 0. The fraction of sp³-hybridized carbons (Fsp3) is 0.300. The van der Waals surface area contributed by atoms with Crippen molar-refractivity contribution in [3.63, 3.8) is 0 Å². The van der Waals surface area contributed by atoms with Crippen LogP contribution in [0.2, 0.25) is 0 Å². The van der Waals surface area contributed by atoms with Crippen molar-refractivity contribution in [3.05, 3.63) is 35.7 Å². The Morgan fingerprint density at radius 2 is 2.17 bits per heavy atom. The van der Waals surface area contributed by atoms with Crippen LogP contribution in [0, 0.1) is 0 Å². The summed E-state index contributed by atoms with van der Waals surface area (Å²) in [7, 11) is 0. The lowest BCUT2D eigenvalue weighted by atomic mass is 10.1. The summed E-state index contributed by atoms with van der Waals surface area (Å²) in [4.78, 5) is 3.96. The summed E-state index contributed by atoms with van der Waals surface area (Å²) >= 11 is 3.45. The Hall–Kier alpha value is -0.630. The monoisotopic (exact) mass is 225 g/mol. The molecule has 0 amide bonds. The van der Waals surface area contributed by atoms with E-state index in [2.05, 4.69) is 33.9 Å². The molecule has 0 aromatic carbocycles. The lowest BCUT2D eigenvalue weighted by molar-refractivity contribution is 1.12. The molecule has 1 nitrogen and oxygen atoms in total. The zero-order valence-corrected chi connectivity index (χ0v) is 8.71. The van der Waals surface area contributed by atoms with Crippen LogP contribution < -0.4 is 0 Å². The largest absolute Gasteiger partial charge is 0.265 e. The molecule has 0 saturated heterocycles. The first-order valence-corrected chi connectivity index (χ1v) is 5.14. The minimum atomic E-state index is 0.950. The van der Waals surface area contributed by atoms with Crippen molar-refractivity contribution in [1.82, 2.24) is 4.98 Å². The molecule has 0 radical (unpaired) electrons. The van der Waals surface area contributed by atoms with Gasteiger partial charge in [0.05, 0.1) is 0 Å². The normalized spacial score (nSPS) is 11.7. The van der Waals surface area contributed by atoms with Crippen LogP contribution in [0.25, 0.3) is 6.08 Å². The van der Waals surface area contributed by atoms with Gasteiger partial charge >= 0.3 is 0 Å². The van der Waals surface area contributed by atoms with Gasteiger partial charge in [0, 0.05) is 17.7 Å². The molecule has 0 aliphatic heterocycles. The molecule has 0 bridgehead atoms. The molecule has 1 heterocycles. The van der Waals surface area contributed by atoms with E-state index in [1.54, 1.807) is 0 Å². The topological polar surface area (TPSA) is 12.9 Å². The molecule has 1 aromatic heterocycles. The molecule has 0 fully saturated rings. The van der Waals surface area contributed by atoms with Crippen molar-refractivity contribution in [1.29, 1.82) is 0 Å². The molecule has 0 saturated carbocycles. The quantitative estimate of drug-likeness (QED) is 0.721. The van der Waals surface area contributed by atoms with E-state index in [9.17, 15) is 0 Å². The maximum atomic E-state index is 3.96. The van der Waals surface area contributed by atoms with E-state index < -0.39 is 0 Å². The third-order valence-corrected chi connectivity index (χ3v) is 2.42. The summed E-state index contributed by atoms with van der Waals surface area (Å²) in [6.07, 6.45) is 6.91. The van der Waals surface area contributed by atoms with Crippen molar-refractivity contribution in [2.24, 2.45) is 0 Å². The Morgan fingerprint density at radius 3 is 2.67 bits per heavy atom. The SMILES string of the molecule is CCC(=Cc1ccncc1)CBr. The Balaban J connectivity index is 2.79. The van der Waals surface area contributed by atoms with Crippen LogP contribution >= 0.6 is 15.9 Å². The summed E-state index contributed by atoms with van der Waals surface area (Å²) in [6, 6.07) is 4.02. The highest BCUT2D eigenvalue weighted by molar-refractivity contribution is 9.09. The summed E-state index contributed by atoms with van der Waals surface area (Å²) < 4.78 is 0. The molecule has 64 valence electrons. The van der Waals surface area contributed by atoms with Crippen molar-refractivity contribution in [3.8, 4) is 0 Å². The number of allylic oxidation sites excluding steroid dienone is 1. The molecule has 0 atom stereocenters. The molecule has 12 heavy (non-hydrogen) atoms. The lowest BCUT2D eigenvalue weighted by Gasteiger charge is -1.98. The average Bonchev–Trinajstić information content (AvgIpc) is 2.16.